The number of phenols is 2. The molecule has 0 radical (unpaired) electrons. The van der Waals surface area contributed by atoms with E-state index in [0.29, 0.717) is 5.56 Å². The van der Waals surface area contributed by atoms with Crippen LogP contribution in [0.3, 0.4) is 0 Å². The van der Waals surface area contributed by atoms with Gasteiger partial charge in [-0.1, -0.05) is 12.1 Å². The van der Waals surface area contributed by atoms with Crippen LogP contribution in [0.25, 0.3) is 0 Å². The molecule has 10 heteroatoms. The van der Waals surface area contributed by atoms with Gasteiger partial charge in [-0.2, -0.15) is 0 Å². The maximum atomic E-state index is 12.8. The van der Waals surface area contributed by atoms with Crippen molar-refractivity contribution in [2.45, 2.75) is 43.2 Å². The number of carbonyl (C=O) groups is 1. The predicted octanol–water partition coefficient (Wildman–Crippen LogP) is -0.417. The van der Waals surface area contributed by atoms with E-state index in [4.69, 9.17) is 9.47 Å². The SMILES string of the molecule is O=C(CC(O)c1ccc(O)cc1)c1ccc(O)cc1OC1OC(CO)C(O)C(O)C1O. The Balaban J connectivity index is 1.80. The molecule has 1 aliphatic heterocycles. The highest BCUT2D eigenvalue weighted by Gasteiger charge is 2.45. The summed E-state index contributed by atoms with van der Waals surface area (Å²) in [6.07, 6.45) is -9.25. The molecule has 6 unspecified atom stereocenters. The molecule has 0 saturated carbocycles. The average molecular weight is 436 g/mol. The molecule has 3 rings (SSSR count). The molecule has 0 bridgehead atoms. The van der Waals surface area contributed by atoms with Gasteiger partial charge in [0.2, 0.25) is 6.29 Å². The summed E-state index contributed by atoms with van der Waals surface area (Å²) in [7, 11) is 0. The van der Waals surface area contributed by atoms with Crippen molar-refractivity contribution in [3.05, 3.63) is 53.6 Å². The van der Waals surface area contributed by atoms with Crippen LogP contribution < -0.4 is 4.74 Å². The van der Waals surface area contributed by atoms with Crippen LogP contribution in [0.15, 0.2) is 42.5 Å². The summed E-state index contributed by atoms with van der Waals surface area (Å²) in [6.45, 7) is -0.657. The van der Waals surface area contributed by atoms with E-state index in [-0.39, 0.29) is 29.2 Å². The normalized spacial score (nSPS) is 26.9. The number of Topliss-reactive ketones (excluding diaryl/α,β-unsaturated/α-hetero) is 1. The van der Waals surface area contributed by atoms with Gasteiger partial charge in [0.1, 0.15) is 41.7 Å². The van der Waals surface area contributed by atoms with Crippen molar-refractivity contribution in [2.75, 3.05) is 6.61 Å². The first-order valence-corrected chi connectivity index (χ1v) is 9.51. The van der Waals surface area contributed by atoms with Crippen LogP contribution in [-0.2, 0) is 4.74 Å². The topological polar surface area (TPSA) is 177 Å². The van der Waals surface area contributed by atoms with E-state index < -0.39 is 49.2 Å². The molecule has 168 valence electrons. The highest BCUT2D eigenvalue weighted by molar-refractivity contribution is 5.99. The molecule has 6 atom stereocenters. The second kappa shape index (κ2) is 9.60. The number of hydrogen-bond donors (Lipinski definition) is 7. The fourth-order valence-electron chi connectivity index (χ4n) is 3.23. The quantitative estimate of drug-likeness (QED) is 0.282. The Morgan fingerprint density at radius 3 is 2.26 bits per heavy atom. The molecule has 1 heterocycles. The smallest absolute Gasteiger partial charge is 0.229 e. The second-order valence-electron chi connectivity index (χ2n) is 7.23. The lowest BCUT2D eigenvalue weighted by Gasteiger charge is -2.39. The molecule has 31 heavy (non-hydrogen) atoms. The van der Waals surface area contributed by atoms with Crippen molar-refractivity contribution < 1.29 is 50.0 Å². The molecule has 0 aromatic heterocycles. The average Bonchev–Trinajstić information content (AvgIpc) is 2.74. The van der Waals surface area contributed by atoms with Crippen molar-refractivity contribution in [3.63, 3.8) is 0 Å². The van der Waals surface area contributed by atoms with Crippen molar-refractivity contribution in [2.24, 2.45) is 0 Å². The summed E-state index contributed by atoms with van der Waals surface area (Å²) < 4.78 is 10.8. The van der Waals surface area contributed by atoms with E-state index in [2.05, 4.69) is 0 Å². The van der Waals surface area contributed by atoms with Gasteiger partial charge >= 0.3 is 0 Å². The minimum Gasteiger partial charge on any atom is -0.508 e. The van der Waals surface area contributed by atoms with Crippen molar-refractivity contribution >= 4 is 5.78 Å². The second-order valence-corrected chi connectivity index (χ2v) is 7.23. The van der Waals surface area contributed by atoms with Gasteiger partial charge in [0.05, 0.1) is 18.3 Å². The molecule has 0 amide bonds. The summed E-state index contributed by atoms with van der Waals surface area (Å²) in [5.74, 6) is -0.987. The van der Waals surface area contributed by atoms with Gasteiger partial charge in [0, 0.05) is 12.5 Å². The first-order valence-electron chi connectivity index (χ1n) is 9.51. The van der Waals surface area contributed by atoms with Crippen LogP contribution in [0, 0.1) is 0 Å². The fourth-order valence-corrected chi connectivity index (χ4v) is 3.23. The number of carbonyl (C=O) groups excluding carboxylic acids is 1. The summed E-state index contributed by atoms with van der Waals surface area (Å²) in [6, 6.07) is 9.28. The number of aromatic hydroxyl groups is 2. The van der Waals surface area contributed by atoms with E-state index >= 15 is 0 Å². The maximum Gasteiger partial charge on any atom is 0.229 e. The third kappa shape index (κ3) is 5.13. The zero-order valence-corrected chi connectivity index (χ0v) is 16.3. The summed E-state index contributed by atoms with van der Waals surface area (Å²) in [5, 5.41) is 68.7. The largest absolute Gasteiger partial charge is 0.508 e. The number of phenolic OH excluding ortho intramolecular Hbond substituents is 2. The number of hydrogen-bond acceptors (Lipinski definition) is 10. The Kier molecular flexibility index (Phi) is 7.11. The Hall–Kier alpha value is -2.73. The van der Waals surface area contributed by atoms with Gasteiger partial charge in [-0.15, -0.1) is 0 Å². The highest BCUT2D eigenvalue weighted by Crippen LogP contribution is 2.31. The standard InChI is InChI=1S/C21H24O10/c22-9-17-18(27)19(28)20(29)21(31-17)30-16-7-12(24)5-6-13(16)15(26)8-14(25)10-1-3-11(23)4-2-10/h1-7,14,17-25,27-29H,8-9H2. The molecule has 1 saturated heterocycles. The van der Waals surface area contributed by atoms with Crippen LogP contribution in [0.5, 0.6) is 17.2 Å². The third-order valence-electron chi connectivity index (χ3n) is 5.01. The first kappa shape index (κ1) is 22.9. The summed E-state index contributed by atoms with van der Waals surface area (Å²) in [4.78, 5) is 12.8. The van der Waals surface area contributed by atoms with Crippen molar-refractivity contribution in [1.29, 1.82) is 0 Å². The third-order valence-corrected chi connectivity index (χ3v) is 5.01. The Labute approximate surface area is 177 Å². The lowest BCUT2D eigenvalue weighted by atomic mass is 9.98. The monoisotopic (exact) mass is 436 g/mol. The zero-order valence-electron chi connectivity index (χ0n) is 16.3. The molecule has 0 aliphatic carbocycles. The van der Waals surface area contributed by atoms with E-state index in [0.717, 1.165) is 6.07 Å². The molecule has 10 nitrogen and oxygen atoms in total. The molecule has 1 fully saturated rings. The molecule has 7 N–H and O–H groups in total. The van der Waals surface area contributed by atoms with Crippen LogP contribution >= 0.6 is 0 Å². The van der Waals surface area contributed by atoms with Gasteiger partial charge < -0.3 is 45.2 Å². The Morgan fingerprint density at radius 1 is 0.968 bits per heavy atom. The van der Waals surface area contributed by atoms with Gasteiger partial charge in [-0.05, 0) is 29.8 Å². The molecule has 0 spiro atoms. The number of ketones is 1. The predicted molar refractivity (Wildman–Crippen MR) is 105 cm³/mol. The maximum absolute atomic E-state index is 12.8. The van der Waals surface area contributed by atoms with Gasteiger partial charge in [-0.25, -0.2) is 0 Å². The number of ether oxygens (including phenoxy) is 2. The van der Waals surface area contributed by atoms with Gasteiger partial charge in [0.15, 0.2) is 5.78 Å². The number of benzene rings is 2. The van der Waals surface area contributed by atoms with Crippen molar-refractivity contribution in [1.82, 2.24) is 0 Å². The summed E-state index contributed by atoms with van der Waals surface area (Å²) >= 11 is 0. The molecular weight excluding hydrogens is 412 g/mol. The van der Waals surface area contributed by atoms with E-state index in [1.54, 1.807) is 0 Å². The van der Waals surface area contributed by atoms with Crippen LogP contribution in [-0.4, -0.2) is 78.8 Å². The summed E-state index contributed by atoms with van der Waals surface area (Å²) in [5.41, 5.74) is 0.369. The van der Waals surface area contributed by atoms with Crippen molar-refractivity contribution in [3.8, 4) is 17.2 Å². The number of aliphatic hydroxyl groups is 5. The Morgan fingerprint density at radius 2 is 1.61 bits per heavy atom. The van der Waals surface area contributed by atoms with Crippen LogP contribution in [0.4, 0.5) is 0 Å². The molecular formula is C21H24O10. The van der Waals surface area contributed by atoms with Crippen LogP contribution in [0.1, 0.15) is 28.4 Å². The Bertz CT molecular complexity index is 898. The minimum atomic E-state index is -1.70. The van der Waals surface area contributed by atoms with Gasteiger partial charge in [0.25, 0.3) is 0 Å². The molecule has 2 aromatic rings. The number of aliphatic hydroxyl groups excluding tert-OH is 5. The molecule has 1 aliphatic rings. The lowest BCUT2D eigenvalue weighted by Crippen LogP contribution is -2.60. The van der Waals surface area contributed by atoms with Crippen LogP contribution in [0.2, 0.25) is 0 Å². The highest BCUT2D eigenvalue weighted by atomic mass is 16.7. The lowest BCUT2D eigenvalue weighted by molar-refractivity contribution is -0.277. The first-order chi connectivity index (χ1) is 14.7. The van der Waals surface area contributed by atoms with E-state index in [1.165, 1.54) is 36.4 Å². The minimum absolute atomic E-state index is 0.0102. The fraction of sp³-hybridized carbons (Fsp3) is 0.381. The molecule has 2 aromatic carbocycles. The zero-order chi connectivity index (χ0) is 22.7. The van der Waals surface area contributed by atoms with E-state index in [9.17, 15) is 40.5 Å². The van der Waals surface area contributed by atoms with Gasteiger partial charge in [-0.3, -0.25) is 4.79 Å². The number of rotatable bonds is 7. The van der Waals surface area contributed by atoms with E-state index in [1.807, 2.05) is 0 Å².